The van der Waals surface area contributed by atoms with Gasteiger partial charge in [-0.2, -0.15) is 4.98 Å². The molecule has 0 unspecified atom stereocenters. The highest BCUT2D eigenvalue weighted by molar-refractivity contribution is 5.52. The highest BCUT2D eigenvalue weighted by Crippen LogP contribution is 2.11. The molecule has 0 atom stereocenters. The topological polar surface area (TPSA) is 93.4 Å². The lowest BCUT2D eigenvalue weighted by atomic mass is 10.3. The number of aryl methyl sites for hydroxylation is 1. The predicted molar refractivity (Wildman–Crippen MR) is 46.6 cm³/mol. The molecule has 2 rings (SSSR count). The Kier molecular flexibility index (Phi) is 1.66. The van der Waals surface area contributed by atoms with E-state index < -0.39 is 0 Å². The fourth-order valence-corrected chi connectivity index (χ4v) is 0.919. The molecule has 0 radical (unpaired) electrons. The van der Waals surface area contributed by atoms with E-state index in [1.54, 1.807) is 12.4 Å². The molecule has 6 nitrogen and oxygen atoms in total. The molecule has 13 heavy (non-hydrogen) atoms. The van der Waals surface area contributed by atoms with E-state index in [4.69, 9.17) is 5.73 Å². The zero-order valence-corrected chi connectivity index (χ0v) is 7.02. The minimum atomic E-state index is 0.218. The minimum Gasteiger partial charge on any atom is -0.366 e. The summed E-state index contributed by atoms with van der Waals surface area (Å²) in [6, 6.07) is 0. The average molecular weight is 176 g/mol. The number of anilines is 1. The number of nitrogens with one attached hydrogen (secondary N) is 1. The van der Waals surface area contributed by atoms with Crippen LogP contribution in [0.3, 0.4) is 0 Å². The lowest BCUT2D eigenvalue weighted by Gasteiger charge is -1.93. The standard InChI is InChI=1S/C7H8N6/c1-4-9-2-5(3-10-4)6-11-7(8)13-12-6/h2-3H,1H3,(H3,8,11,12,13). The van der Waals surface area contributed by atoms with Crippen molar-refractivity contribution in [3.63, 3.8) is 0 Å². The van der Waals surface area contributed by atoms with Crippen molar-refractivity contribution in [2.75, 3.05) is 5.73 Å². The fraction of sp³-hybridized carbons (Fsp3) is 0.143. The summed E-state index contributed by atoms with van der Waals surface area (Å²) >= 11 is 0. The molecule has 2 aromatic rings. The molecule has 6 heteroatoms. The molecule has 0 amide bonds. The van der Waals surface area contributed by atoms with Gasteiger partial charge in [-0.15, -0.1) is 5.10 Å². The van der Waals surface area contributed by atoms with E-state index >= 15 is 0 Å². The van der Waals surface area contributed by atoms with Gasteiger partial charge in [-0.3, -0.25) is 5.10 Å². The molecule has 0 saturated heterocycles. The molecule has 0 saturated carbocycles. The summed E-state index contributed by atoms with van der Waals surface area (Å²) in [4.78, 5) is 12.0. The summed E-state index contributed by atoms with van der Waals surface area (Å²) in [6.45, 7) is 1.82. The van der Waals surface area contributed by atoms with Gasteiger partial charge in [-0.1, -0.05) is 0 Å². The number of aromatic nitrogens is 5. The third-order valence-corrected chi connectivity index (χ3v) is 1.56. The van der Waals surface area contributed by atoms with Crippen molar-refractivity contribution in [2.45, 2.75) is 6.92 Å². The van der Waals surface area contributed by atoms with Crippen LogP contribution in [0.2, 0.25) is 0 Å². The molecule has 3 N–H and O–H groups in total. The van der Waals surface area contributed by atoms with Crippen LogP contribution in [0, 0.1) is 6.92 Å². The van der Waals surface area contributed by atoms with Crippen molar-refractivity contribution >= 4 is 5.95 Å². The summed E-state index contributed by atoms with van der Waals surface area (Å²) in [5.74, 6) is 1.52. The van der Waals surface area contributed by atoms with Crippen LogP contribution in [-0.4, -0.2) is 25.1 Å². The Morgan fingerprint density at radius 1 is 1.31 bits per heavy atom. The first-order valence-corrected chi connectivity index (χ1v) is 3.72. The van der Waals surface area contributed by atoms with Crippen LogP contribution in [-0.2, 0) is 0 Å². The van der Waals surface area contributed by atoms with E-state index in [0.29, 0.717) is 5.82 Å². The average Bonchev–Trinajstić information content (AvgIpc) is 2.53. The van der Waals surface area contributed by atoms with E-state index in [1.807, 2.05) is 6.92 Å². The Hall–Kier alpha value is -1.98. The first-order valence-electron chi connectivity index (χ1n) is 3.72. The van der Waals surface area contributed by atoms with Crippen LogP contribution in [0.1, 0.15) is 5.82 Å². The number of H-pyrrole nitrogens is 1. The van der Waals surface area contributed by atoms with Gasteiger partial charge in [0.05, 0.1) is 5.56 Å². The first kappa shape index (κ1) is 7.66. The summed E-state index contributed by atoms with van der Waals surface area (Å²) in [6.07, 6.45) is 3.34. The lowest BCUT2D eigenvalue weighted by molar-refractivity contribution is 1.04. The number of hydrogen-bond acceptors (Lipinski definition) is 5. The normalized spacial score (nSPS) is 10.2. The highest BCUT2D eigenvalue weighted by atomic mass is 15.3. The molecule has 0 aromatic carbocycles. The first-order chi connectivity index (χ1) is 6.25. The zero-order chi connectivity index (χ0) is 9.26. The predicted octanol–water partition coefficient (Wildman–Crippen LogP) is 0.152. The van der Waals surface area contributed by atoms with E-state index in [-0.39, 0.29) is 5.95 Å². The summed E-state index contributed by atoms with van der Waals surface area (Å²) in [7, 11) is 0. The van der Waals surface area contributed by atoms with E-state index in [2.05, 4.69) is 25.1 Å². The Balaban J connectivity index is 2.41. The van der Waals surface area contributed by atoms with E-state index in [0.717, 1.165) is 11.4 Å². The van der Waals surface area contributed by atoms with Gasteiger partial charge in [0.25, 0.3) is 0 Å². The summed E-state index contributed by atoms with van der Waals surface area (Å²) < 4.78 is 0. The van der Waals surface area contributed by atoms with Crippen LogP contribution in [0.5, 0.6) is 0 Å². The second kappa shape index (κ2) is 2.81. The number of aromatic amines is 1. The molecule has 0 aliphatic carbocycles. The van der Waals surface area contributed by atoms with Crippen LogP contribution < -0.4 is 5.73 Å². The van der Waals surface area contributed by atoms with Crippen molar-refractivity contribution in [1.82, 2.24) is 25.1 Å². The molecular formula is C7H8N6. The largest absolute Gasteiger partial charge is 0.366 e. The van der Waals surface area contributed by atoms with Crippen molar-refractivity contribution in [2.24, 2.45) is 0 Å². The molecule has 2 aromatic heterocycles. The monoisotopic (exact) mass is 176 g/mol. The summed E-state index contributed by atoms with van der Waals surface area (Å²) in [5, 5.41) is 6.38. The maximum absolute atomic E-state index is 5.35. The number of rotatable bonds is 1. The Morgan fingerprint density at radius 3 is 2.54 bits per heavy atom. The third-order valence-electron chi connectivity index (χ3n) is 1.56. The second-order valence-corrected chi connectivity index (χ2v) is 2.56. The van der Waals surface area contributed by atoms with Crippen molar-refractivity contribution < 1.29 is 0 Å². The van der Waals surface area contributed by atoms with Gasteiger partial charge in [0.15, 0.2) is 5.82 Å². The fourth-order valence-electron chi connectivity index (χ4n) is 0.919. The molecule has 66 valence electrons. The number of nitrogens with two attached hydrogens (primary N) is 1. The van der Waals surface area contributed by atoms with Gasteiger partial charge in [0.1, 0.15) is 5.82 Å². The quantitative estimate of drug-likeness (QED) is 0.645. The molecule has 0 fully saturated rings. The molecule has 0 bridgehead atoms. The van der Waals surface area contributed by atoms with Crippen LogP contribution >= 0.6 is 0 Å². The Morgan fingerprint density at radius 2 is 2.00 bits per heavy atom. The number of nitrogens with zero attached hydrogens (tertiary/aromatic N) is 4. The Labute approximate surface area is 74.2 Å². The van der Waals surface area contributed by atoms with Gasteiger partial charge < -0.3 is 5.73 Å². The third kappa shape index (κ3) is 1.46. The van der Waals surface area contributed by atoms with Gasteiger partial charge in [-0.25, -0.2) is 9.97 Å². The maximum atomic E-state index is 5.35. The number of nitrogen functional groups attached to an aromatic ring is 1. The summed E-state index contributed by atoms with van der Waals surface area (Å²) in [5.41, 5.74) is 6.12. The Bertz CT molecular complexity index is 403. The SMILES string of the molecule is Cc1ncc(-c2nc(N)n[nH]2)cn1. The lowest BCUT2D eigenvalue weighted by Crippen LogP contribution is -1.89. The maximum Gasteiger partial charge on any atom is 0.239 e. The smallest absolute Gasteiger partial charge is 0.239 e. The molecule has 0 aliphatic heterocycles. The van der Waals surface area contributed by atoms with E-state index in [9.17, 15) is 0 Å². The second-order valence-electron chi connectivity index (χ2n) is 2.56. The zero-order valence-electron chi connectivity index (χ0n) is 7.02. The number of hydrogen-bond donors (Lipinski definition) is 2. The van der Waals surface area contributed by atoms with Gasteiger partial charge in [-0.05, 0) is 6.92 Å². The van der Waals surface area contributed by atoms with Crippen LogP contribution in [0.4, 0.5) is 5.95 Å². The minimum absolute atomic E-state index is 0.218. The van der Waals surface area contributed by atoms with Crippen molar-refractivity contribution in [1.29, 1.82) is 0 Å². The molecular weight excluding hydrogens is 168 g/mol. The van der Waals surface area contributed by atoms with E-state index in [1.165, 1.54) is 0 Å². The van der Waals surface area contributed by atoms with Crippen LogP contribution in [0.15, 0.2) is 12.4 Å². The molecule has 0 aliphatic rings. The van der Waals surface area contributed by atoms with Crippen LogP contribution in [0.25, 0.3) is 11.4 Å². The molecule has 2 heterocycles. The van der Waals surface area contributed by atoms with Crippen molar-refractivity contribution in [3.05, 3.63) is 18.2 Å². The van der Waals surface area contributed by atoms with Gasteiger partial charge in [0.2, 0.25) is 5.95 Å². The van der Waals surface area contributed by atoms with Gasteiger partial charge >= 0.3 is 0 Å². The highest BCUT2D eigenvalue weighted by Gasteiger charge is 2.02. The van der Waals surface area contributed by atoms with Gasteiger partial charge in [0, 0.05) is 12.4 Å². The van der Waals surface area contributed by atoms with Crippen molar-refractivity contribution in [3.8, 4) is 11.4 Å². The molecule has 0 spiro atoms.